The van der Waals surface area contributed by atoms with Crippen molar-refractivity contribution < 1.29 is 4.74 Å². The Kier molecular flexibility index (Phi) is 2.23. The molecular formula is C11H12N2O. The van der Waals surface area contributed by atoms with Crippen LogP contribution in [0, 0.1) is 6.92 Å². The van der Waals surface area contributed by atoms with Gasteiger partial charge >= 0.3 is 0 Å². The standard InChI is InChI=1S/C11H12N2O/c1-8-3-4-10(11(5-8)14-2)9-6-12-13-7-9/h3-7H,1-2H3,(H,12,13). The van der Waals surface area contributed by atoms with E-state index < -0.39 is 0 Å². The van der Waals surface area contributed by atoms with Gasteiger partial charge in [0.05, 0.1) is 13.3 Å². The summed E-state index contributed by atoms with van der Waals surface area (Å²) in [5.74, 6) is 0.881. The number of H-pyrrole nitrogens is 1. The molecule has 2 aromatic rings. The van der Waals surface area contributed by atoms with Crippen molar-refractivity contribution in [1.82, 2.24) is 10.2 Å². The second kappa shape index (κ2) is 3.54. The molecule has 0 amide bonds. The lowest BCUT2D eigenvalue weighted by Gasteiger charge is -2.07. The third-order valence-electron chi connectivity index (χ3n) is 2.17. The smallest absolute Gasteiger partial charge is 0.127 e. The first-order valence-corrected chi connectivity index (χ1v) is 4.45. The van der Waals surface area contributed by atoms with E-state index in [2.05, 4.69) is 16.3 Å². The Labute approximate surface area is 82.7 Å². The summed E-state index contributed by atoms with van der Waals surface area (Å²) >= 11 is 0. The van der Waals surface area contributed by atoms with Gasteiger partial charge in [0.15, 0.2) is 0 Å². The number of hydrogen-bond acceptors (Lipinski definition) is 2. The second-order valence-electron chi connectivity index (χ2n) is 3.19. The first kappa shape index (κ1) is 8.81. The molecule has 0 atom stereocenters. The van der Waals surface area contributed by atoms with Crippen molar-refractivity contribution in [3.63, 3.8) is 0 Å². The van der Waals surface area contributed by atoms with Crippen molar-refractivity contribution in [1.29, 1.82) is 0 Å². The molecule has 0 unspecified atom stereocenters. The highest BCUT2D eigenvalue weighted by Gasteiger charge is 2.05. The van der Waals surface area contributed by atoms with Crippen LogP contribution >= 0.6 is 0 Å². The van der Waals surface area contributed by atoms with Gasteiger partial charge in [0.25, 0.3) is 0 Å². The Morgan fingerprint density at radius 2 is 2.21 bits per heavy atom. The monoisotopic (exact) mass is 188 g/mol. The van der Waals surface area contributed by atoms with Crippen molar-refractivity contribution in [3.8, 4) is 16.9 Å². The molecule has 0 fully saturated rings. The fraction of sp³-hybridized carbons (Fsp3) is 0.182. The predicted octanol–water partition coefficient (Wildman–Crippen LogP) is 2.39. The molecule has 0 spiro atoms. The molecule has 1 heterocycles. The minimum Gasteiger partial charge on any atom is -0.496 e. The molecule has 72 valence electrons. The van der Waals surface area contributed by atoms with Crippen LogP contribution in [0.15, 0.2) is 30.6 Å². The molecule has 1 aromatic heterocycles. The predicted molar refractivity (Wildman–Crippen MR) is 55.3 cm³/mol. The van der Waals surface area contributed by atoms with E-state index in [9.17, 15) is 0 Å². The molecule has 3 heteroatoms. The van der Waals surface area contributed by atoms with Gasteiger partial charge in [0, 0.05) is 17.3 Å². The Hall–Kier alpha value is -1.77. The molecular weight excluding hydrogens is 176 g/mol. The van der Waals surface area contributed by atoms with Gasteiger partial charge in [-0.25, -0.2) is 0 Å². The van der Waals surface area contributed by atoms with Gasteiger partial charge in [-0.3, -0.25) is 5.10 Å². The zero-order chi connectivity index (χ0) is 9.97. The molecule has 2 rings (SSSR count). The Bertz CT molecular complexity index is 421. The fourth-order valence-corrected chi connectivity index (χ4v) is 1.44. The van der Waals surface area contributed by atoms with E-state index in [-0.39, 0.29) is 0 Å². The van der Waals surface area contributed by atoms with E-state index in [0.717, 1.165) is 16.9 Å². The molecule has 0 saturated carbocycles. The number of aromatic amines is 1. The molecule has 0 aliphatic heterocycles. The number of nitrogens with zero attached hydrogens (tertiary/aromatic N) is 1. The molecule has 0 bridgehead atoms. The first-order chi connectivity index (χ1) is 6.81. The summed E-state index contributed by atoms with van der Waals surface area (Å²) in [6, 6.07) is 6.12. The minimum atomic E-state index is 0.881. The molecule has 3 nitrogen and oxygen atoms in total. The van der Waals surface area contributed by atoms with E-state index in [1.165, 1.54) is 5.56 Å². The van der Waals surface area contributed by atoms with Crippen LogP contribution in [-0.4, -0.2) is 17.3 Å². The van der Waals surface area contributed by atoms with Crippen LogP contribution in [0.2, 0.25) is 0 Å². The average Bonchev–Trinajstić information content (AvgIpc) is 2.70. The lowest BCUT2D eigenvalue weighted by Crippen LogP contribution is -1.87. The summed E-state index contributed by atoms with van der Waals surface area (Å²) in [6.07, 6.45) is 3.64. The SMILES string of the molecule is COc1cc(C)ccc1-c1cn[nH]c1. The lowest BCUT2D eigenvalue weighted by atomic mass is 10.1. The van der Waals surface area contributed by atoms with Crippen LogP contribution < -0.4 is 4.74 Å². The number of aryl methyl sites for hydroxylation is 1. The van der Waals surface area contributed by atoms with Gasteiger partial charge in [-0.1, -0.05) is 12.1 Å². The number of aromatic nitrogens is 2. The van der Waals surface area contributed by atoms with E-state index in [0.29, 0.717) is 0 Å². The summed E-state index contributed by atoms with van der Waals surface area (Å²) in [5.41, 5.74) is 3.29. The maximum Gasteiger partial charge on any atom is 0.127 e. The van der Waals surface area contributed by atoms with Gasteiger partial charge in [-0.05, 0) is 18.6 Å². The maximum absolute atomic E-state index is 5.31. The van der Waals surface area contributed by atoms with Gasteiger partial charge in [0.2, 0.25) is 0 Å². The highest BCUT2D eigenvalue weighted by molar-refractivity contribution is 5.69. The van der Waals surface area contributed by atoms with Gasteiger partial charge in [-0.2, -0.15) is 5.10 Å². The molecule has 14 heavy (non-hydrogen) atoms. The molecule has 0 aliphatic rings. The lowest BCUT2D eigenvalue weighted by molar-refractivity contribution is 0.416. The Morgan fingerprint density at radius 3 is 2.86 bits per heavy atom. The molecule has 1 aromatic carbocycles. The van der Waals surface area contributed by atoms with Gasteiger partial charge < -0.3 is 4.74 Å². The number of methoxy groups -OCH3 is 1. The summed E-state index contributed by atoms with van der Waals surface area (Å²) in [6.45, 7) is 2.04. The van der Waals surface area contributed by atoms with Gasteiger partial charge in [0.1, 0.15) is 5.75 Å². The van der Waals surface area contributed by atoms with Crippen LogP contribution in [0.1, 0.15) is 5.56 Å². The van der Waals surface area contributed by atoms with Crippen LogP contribution in [0.3, 0.4) is 0 Å². The number of benzene rings is 1. The molecule has 0 saturated heterocycles. The fourth-order valence-electron chi connectivity index (χ4n) is 1.44. The Morgan fingerprint density at radius 1 is 1.36 bits per heavy atom. The summed E-state index contributed by atoms with van der Waals surface area (Å²) in [4.78, 5) is 0. The van der Waals surface area contributed by atoms with Crippen molar-refractivity contribution in [2.24, 2.45) is 0 Å². The van der Waals surface area contributed by atoms with E-state index in [1.807, 2.05) is 25.3 Å². The third kappa shape index (κ3) is 1.48. The van der Waals surface area contributed by atoms with Crippen molar-refractivity contribution in [2.75, 3.05) is 7.11 Å². The minimum absolute atomic E-state index is 0.881. The molecule has 0 aliphatic carbocycles. The van der Waals surface area contributed by atoms with E-state index >= 15 is 0 Å². The number of ether oxygens (including phenoxy) is 1. The van der Waals surface area contributed by atoms with Crippen LogP contribution in [0.4, 0.5) is 0 Å². The zero-order valence-electron chi connectivity index (χ0n) is 8.24. The number of rotatable bonds is 2. The zero-order valence-corrected chi connectivity index (χ0v) is 8.24. The Balaban J connectivity index is 2.53. The van der Waals surface area contributed by atoms with E-state index in [4.69, 9.17) is 4.74 Å². The van der Waals surface area contributed by atoms with Crippen molar-refractivity contribution in [2.45, 2.75) is 6.92 Å². The van der Waals surface area contributed by atoms with Gasteiger partial charge in [-0.15, -0.1) is 0 Å². The first-order valence-electron chi connectivity index (χ1n) is 4.45. The normalized spacial score (nSPS) is 10.1. The van der Waals surface area contributed by atoms with Crippen LogP contribution in [0.5, 0.6) is 5.75 Å². The second-order valence-corrected chi connectivity index (χ2v) is 3.19. The van der Waals surface area contributed by atoms with E-state index in [1.54, 1.807) is 13.3 Å². The van der Waals surface area contributed by atoms with Crippen LogP contribution in [-0.2, 0) is 0 Å². The summed E-state index contributed by atoms with van der Waals surface area (Å²) in [7, 11) is 1.68. The maximum atomic E-state index is 5.31. The third-order valence-corrected chi connectivity index (χ3v) is 2.17. The number of hydrogen-bond donors (Lipinski definition) is 1. The van der Waals surface area contributed by atoms with Crippen molar-refractivity contribution >= 4 is 0 Å². The highest BCUT2D eigenvalue weighted by atomic mass is 16.5. The molecule has 0 radical (unpaired) electrons. The highest BCUT2D eigenvalue weighted by Crippen LogP contribution is 2.29. The summed E-state index contributed by atoms with van der Waals surface area (Å²) < 4.78 is 5.31. The number of nitrogens with one attached hydrogen (secondary N) is 1. The topological polar surface area (TPSA) is 37.9 Å². The summed E-state index contributed by atoms with van der Waals surface area (Å²) in [5, 5.41) is 6.70. The average molecular weight is 188 g/mol. The van der Waals surface area contributed by atoms with Crippen molar-refractivity contribution in [3.05, 3.63) is 36.2 Å². The largest absolute Gasteiger partial charge is 0.496 e. The quantitative estimate of drug-likeness (QED) is 0.785. The van der Waals surface area contributed by atoms with Crippen LogP contribution in [0.25, 0.3) is 11.1 Å². The molecule has 1 N–H and O–H groups in total.